The zero-order chi connectivity index (χ0) is 12.0. The first-order valence-corrected chi connectivity index (χ1v) is 5.59. The van der Waals surface area contributed by atoms with Crippen molar-refractivity contribution in [1.82, 2.24) is 20.4 Å². The van der Waals surface area contributed by atoms with Crippen molar-refractivity contribution in [3.05, 3.63) is 35.9 Å². The van der Waals surface area contributed by atoms with Gasteiger partial charge in [-0.2, -0.15) is 10.2 Å². The second-order valence-corrected chi connectivity index (χ2v) is 4.33. The summed E-state index contributed by atoms with van der Waals surface area (Å²) < 4.78 is 0. The topological polar surface area (TPSA) is 57.4 Å². The minimum absolute atomic E-state index is 0.567. The van der Waals surface area contributed by atoms with E-state index >= 15 is 0 Å². The van der Waals surface area contributed by atoms with Crippen LogP contribution in [0.15, 0.2) is 24.5 Å². The van der Waals surface area contributed by atoms with Gasteiger partial charge >= 0.3 is 0 Å². The molecule has 0 aliphatic carbocycles. The van der Waals surface area contributed by atoms with Crippen molar-refractivity contribution < 1.29 is 0 Å². The Morgan fingerprint density at radius 2 is 1.19 bits per heavy atom. The Morgan fingerprint density at radius 1 is 0.812 bits per heavy atom. The molecule has 0 bridgehead atoms. The summed E-state index contributed by atoms with van der Waals surface area (Å²) in [7, 11) is 0. The van der Waals surface area contributed by atoms with E-state index in [9.17, 15) is 0 Å². The highest BCUT2D eigenvalue weighted by Gasteiger charge is 1.96. The molecule has 0 aliphatic heterocycles. The second-order valence-electron chi connectivity index (χ2n) is 4.33. The first kappa shape index (κ1) is 12.5. The quantitative estimate of drug-likeness (QED) is 0.817. The molecule has 16 heavy (non-hydrogen) atoms. The fraction of sp³-hybridized carbons (Fsp3) is 0.500. The van der Waals surface area contributed by atoms with Crippen LogP contribution in [0.25, 0.3) is 0 Å². The van der Waals surface area contributed by atoms with Crippen LogP contribution in [0.1, 0.15) is 50.9 Å². The Labute approximate surface area is 96.5 Å². The Kier molecular flexibility index (Phi) is 4.76. The molecular formula is C12H20N4. The van der Waals surface area contributed by atoms with Crippen molar-refractivity contribution in [3.8, 4) is 0 Å². The standard InChI is InChI=1S/2C6H10N2/c2*1-5(2)6-3-4-7-8-6/h2*3-5H,1-2H3,(H,7,8). The Balaban J connectivity index is 0.000000160. The van der Waals surface area contributed by atoms with E-state index in [1.807, 2.05) is 12.1 Å². The number of nitrogens with zero attached hydrogens (tertiary/aromatic N) is 2. The van der Waals surface area contributed by atoms with Gasteiger partial charge in [0.25, 0.3) is 0 Å². The summed E-state index contributed by atoms with van der Waals surface area (Å²) in [5, 5.41) is 13.4. The van der Waals surface area contributed by atoms with Crippen molar-refractivity contribution in [2.75, 3.05) is 0 Å². The maximum atomic E-state index is 3.82. The molecule has 0 atom stereocenters. The summed E-state index contributed by atoms with van der Waals surface area (Å²) in [6.07, 6.45) is 3.55. The van der Waals surface area contributed by atoms with E-state index in [1.165, 1.54) is 11.4 Å². The largest absolute Gasteiger partial charge is 0.282 e. The zero-order valence-corrected chi connectivity index (χ0v) is 10.4. The van der Waals surface area contributed by atoms with E-state index in [-0.39, 0.29) is 0 Å². The number of hydrogen-bond donors (Lipinski definition) is 2. The summed E-state index contributed by atoms with van der Waals surface area (Å²) in [6, 6.07) is 3.98. The van der Waals surface area contributed by atoms with E-state index in [0.717, 1.165) is 0 Å². The maximum absolute atomic E-state index is 3.82. The van der Waals surface area contributed by atoms with Crippen LogP contribution in [0.5, 0.6) is 0 Å². The molecule has 0 fully saturated rings. The average Bonchev–Trinajstić information content (AvgIpc) is 2.93. The lowest BCUT2D eigenvalue weighted by Gasteiger charge is -1.95. The maximum Gasteiger partial charge on any atom is 0.0490 e. The van der Waals surface area contributed by atoms with E-state index in [0.29, 0.717) is 11.8 Å². The van der Waals surface area contributed by atoms with Gasteiger partial charge in [-0.3, -0.25) is 10.2 Å². The van der Waals surface area contributed by atoms with Crippen LogP contribution in [0, 0.1) is 0 Å². The Hall–Kier alpha value is -1.58. The summed E-state index contributed by atoms with van der Waals surface area (Å²) in [5.74, 6) is 1.13. The van der Waals surface area contributed by atoms with Gasteiger partial charge in [0.2, 0.25) is 0 Å². The fourth-order valence-electron chi connectivity index (χ4n) is 1.18. The highest BCUT2D eigenvalue weighted by molar-refractivity contribution is 5.02. The number of aromatic nitrogens is 4. The van der Waals surface area contributed by atoms with E-state index in [2.05, 4.69) is 48.1 Å². The molecule has 0 amide bonds. The van der Waals surface area contributed by atoms with Crippen LogP contribution in [-0.2, 0) is 0 Å². The Bertz CT molecular complexity index is 321. The van der Waals surface area contributed by atoms with Crippen LogP contribution in [0.4, 0.5) is 0 Å². The zero-order valence-electron chi connectivity index (χ0n) is 10.4. The van der Waals surface area contributed by atoms with Crippen molar-refractivity contribution in [2.45, 2.75) is 39.5 Å². The second kappa shape index (κ2) is 6.10. The van der Waals surface area contributed by atoms with Crippen molar-refractivity contribution >= 4 is 0 Å². The number of hydrogen-bond acceptors (Lipinski definition) is 2. The van der Waals surface area contributed by atoms with E-state index in [4.69, 9.17) is 0 Å². The first-order valence-electron chi connectivity index (χ1n) is 5.59. The number of nitrogens with one attached hydrogen (secondary N) is 2. The van der Waals surface area contributed by atoms with Crippen LogP contribution < -0.4 is 0 Å². The molecule has 0 aliphatic rings. The summed E-state index contributed by atoms with van der Waals surface area (Å²) in [5.41, 5.74) is 2.40. The predicted octanol–water partition coefficient (Wildman–Crippen LogP) is 3.07. The third-order valence-electron chi connectivity index (χ3n) is 2.29. The van der Waals surface area contributed by atoms with E-state index in [1.54, 1.807) is 12.4 Å². The number of H-pyrrole nitrogens is 2. The van der Waals surface area contributed by atoms with Crippen LogP contribution in [0.2, 0.25) is 0 Å². The normalized spacial score (nSPS) is 10.4. The smallest absolute Gasteiger partial charge is 0.0490 e. The van der Waals surface area contributed by atoms with Gasteiger partial charge in [-0.1, -0.05) is 27.7 Å². The Morgan fingerprint density at radius 3 is 1.31 bits per heavy atom. The monoisotopic (exact) mass is 220 g/mol. The SMILES string of the molecule is CC(C)c1ccn[nH]1.CC(C)c1ccn[nH]1. The van der Waals surface area contributed by atoms with Crippen LogP contribution >= 0.6 is 0 Å². The van der Waals surface area contributed by atoms with Gasteiger partial charge in [-0.25, -0.2) is 0 Å². The lowest BCUT2D eigenvalue weighted by Crippen LogP contribution is -1.85. The molecule has 0 spiro atoms. The molecular weight excluding hydrogens is 200 g/mol. The molecule has 0 aromatic carbocycles. The van der Waals surface area contributed by atoms with Crippen molar-refractivity contribution in [2.24, 2.45) is 0 Å². The summed E-state index contributed by atoms with van der Waals surface area (Å²) in [4.78, 5) is 0. The summed E-state index contributed by atoms with van der Waals surface area (Å²) >= 11 is 0. The minimum atomic E-state index is 0.567. The first-order chi connectivity index (χ1) is 7.61. The third-order valence-corrected chi connectivity index (χ3v) is 2.29. The molecule has 4 nitrogen and oxygen atoms in total. The molecule has 2 N–H and O–H groups in total. The molecule has 0 radical (unpaired) electrons. The van der Waals surface area contributed by atoms with Gasteiger partial charge < -0.3 is 0 Å². The molecule has 4 heteroatoms. The van der Waals surface area contributed by atoms with Gasteiger partial charge in [0.1, 0.15) is 0 Å². The molecule has 0 unspecified atom stereocenters. The highest BCUT2D eigenvalue weighted by atomic mass is 15.1. The number of rotatable bonds is 2. The molecule has 2 aromatic rings. The molecule has 88 valence electrons. The van der Waals surface area contributed by atoms with E-state index < -0.39 is 0 Å². The minimum Gasteiger partial charge on any atom is -0.282 e. The van der Waals surface area contributed by atoms with Gasteiger partial charge in [0.15, 0.2) is 0 Å². The molecule has 2 heterocycles. The lowest BCUT2D eigenvalue weighted by atomic mass is 10.1. The molecule has 0 saturated carbocycles. The number of aromatic amines is 2. The van der Waals surface area contributed by atoms with Crippen LogP contribution in [0.3, 0.4) is 0 Å². The van der Waals surface area contributed by atoms with Crippen LogP contribution in [-0.4, -0.2) is 20.4 Å². The molecule has 2 rings (SSSR count). The predicted molar refractivity (Wildman–Crippen MR) is 65.4 cm³/mol. The van der Waals surface area contributed by atoms with Gasteiger partial charge in [-0.05, 0) is 24.0 Å². The van der Waals surface area contributed by atoms with Gasteiger partial charge in [0.05, 0.1) is 0 Å². The average molecular weight is 220 g/mol. The molecule has 2 aromatic heterocycles. The fourth-order valence-corrected chi connectivity index (χ4v) is 1.18. The third kappa shape index (κ3) is 3.88. The molecule has 0 saturated heterocycles. The lowest BCUT2D eigenvalue weighted by molar-refractivity contribution is 0.810. The highest BCUT2D eigenvalue weighted by Crippen LogP contribution is 2.08. The van der Waals surface area contributed by atoms with Gasteiger partial charge in [-0.15, -0.1) is 0 Å². The van der Waals surface area contributed by atoms with Gasteiger partial charge in [0, 0.05) is 23.8 Å². The van der Waals surface area contributed by atoms with Crippen molar-refractivity contribution in [3.63, 3.8) is 0 Å². The summed E-state index contributed by atoms with van der Waals surface area (Å²) in [6.45, 7) is 8.53. The van der Waals surface area contributed by atoms with Crippen molar-refractivity contribution in [1.29, 1.82) is 0 Å².